The summed E-state index contributed by atoms with van der Waals surface area (Å²) in [5.41, 5.74) is 0.679. The Balaban J connectivity index is 0.000000980. The van der Waals surface area contributed by atoms with Crippen molar-refractivity contribution in [3.63, 3.8) is 0 Å². The Bertz CT molecular complexity index is 480. The lowest BCUT2D eigenvalue weighted by Crippen LogP contribution is -1.94. The van der Waals surface area contributed by atoms with Crippen LogP contribution in [-0.2, 0) is 0 Å². The van der Waals surface area contributed by atoms with E-state index in [9.17, 15) is 4.79 Å². The zero-order valence-electron chi connectivity index (χ0n) is 6.94. The molecule has 2 aromatic rings. The van der Waals surface area contributed by atoms with Crippen LogP contribution in [0.3, 0.4) is 0 Å². The highest BCUT2D eigenvalue weighted by molar-refractivity contribution is 9.10. The number of nitrogens with zero attached hydrogens (tertiary/aromatic N) is 2. The van der Waals surface area contributed by atoms with Gasteiger partial charge >= 0.3 is 5.97 Å². The Hall–Kier alpha value is -1.40. The van der Waals surface area contributed by atoms with Crippen LogP contribution in [0.1, 0.15) is 10.5 Å². The summed E-state index contributed by atoms with van der Waals surface area (Å²) in [6.07, 6.45) is 3.23. The third kappa shape index (κ3) is 1.75. The molecule has 14 heavy (non-hydrogen) atoms. The van der Waals surface area contributed by atoms with Crippen molar-refractivity contribution in [3.05, 3.63) is 34.7 Å². The number of fused-ring (bicyclic) bond motifs is 1. The minimum Gasteiger partial charge on any atom is -0.476 e. The molecule has 2 rings (SSSR count). The summed E-state index contributed by atoms with van der Waals surface area (Å²) in [6.45, 7) is 0. The van der Waals surface area contributed by atoms with Crippen molar-refractivity contribution in [2.24, 2.45) is 0 Å². The second-order valence-electron chi connectivity index (χ2n) is 2.54. The van der Waals surface area contributed by atoms with Crippen LogP contribution in [0.25, 0.3) is 5.65 Å². The molecule has 0 amide bonds. The summed E-state index contributed by atoms with van der Waals surface area (Å²) in [7, 11) is 0. The van der Waals surface area contributed by atoms with E-state index < -0.39 is 5.97 Å². The molecule has 0 aliphatic carbocycles. The molecule has 5 nitrogen and oxygen atoms in total. The Labute approximate surface area is 87.4 Å². The van der Waals surface area contributed by atoms with Crippen molar-refractivity contribution in [2.75, 3.05) is 0 Å². The van der Waals surface area contributed by atoms with Gasteiger partial charge in [-0.25, -0.2) is 9.78 Å². The number of imidazole rings is 1. The number of pyridine rings is 1. The number of aromatic carboxylic acids is 1. The lowest BCUT2D eigenvalue weighted by Gasteiger charge is -1.91. The van der Waals surface area contributed by atoms with E-state index in [1.807, 2.05) is 6.07 Å². The highest BCUT2D eigenvalue weighted by Crippen LogP contribution is 2.12. The quantitative estimate of drug-likeness (QED) is 0.827. The molecule has 0 aromatic carbocycles. The van der Waals surface area contributed by atoms with Crippen molar-refractivity contribution in [3.8, 4) is 0 Å². The van der Waals surface area contributed by atoms with Crippen LogP contribution in [0.5, 0.6) is 0 Å². The molecule has 0 unspecified atom stereocenters. The van der Waals surface area contributed by atoms with E-state index in [4.69, 9.17) is 5.11 Å². The zero-order valence-corrected chi connectivity index (χ0v) is 8.52. The molecular formula is C8H7BrN2O3. The van der Waals surface area contributed by atoms with Gasteiger partial charge in [-0.2, -0.15) is 0 Å². The Morgan fingerprint density at radius 2 is 2.14 bits per heavy atom. The first-order chi connectivity index (χ1) is 6.16. The van der Waals surface area contributed by atoms with Crippen LogP contribution in [0, 0.1) is 0 Å². The maximum absolute atomic E-state index is 10.6. The predicted molar refractivity (Wildman–Crippen MR) is 53.5 cm³/mol. The Morgan fingerprint density at radius 1 is 1.43 bits per heavy atom. The lowest BCUT2D eigenvalue weighted by atomic mass is 10.5. The molecule has 2 aromatic heterocycles. The van der Waals surface area contributed by atoms with Gasteiger partial charge in [0.05, 0.1) is 0 Å². The second-order valence-corrected chi connectivity index (χ2v) is 3.46. The summed E-state index contributed by atoms with van der Waals surface area (Å²) >= 11 is 3.28. The molecule has 0 aliphatic rings. The van der Waals surface area contributed by atoms with Gasteiger partial charge in [-0.05, 0) is 28.1 Å². The van der Waals surface area contributed by atoms with Gasteiger partial charge in [-0.15, -0.1) is 0 Å². The minimum atomic E-state index is -1.01. The third-order valence-corrected chi connectivity index (χ3v) is 2.10. The van der Waals surface area contributed by atoms with E-state index in [1.54, 1.807) is 16.7 Å². The zero-order chi connectivity index (χ0) is 9.42. The predicted octanol–water partition coefficient (Wildman–Crippen LogP) is 0.970. The molecule has 0 radical (unpaired) electrons. The molecule has 3 N–H and O–H groups in total. The number of hydrogen-bond acceptors (Lipinski definition) is 2. The van der Waals surface area contributed by atoms with E-state index >= 15 is 0 Å². The molecule has 0 spiro atoms. The molecule has 0 fully saturated rings. The van der Waals surface area contributed by atoms with Crippen LogP contribution in [-0.4, -0.2) is 25.9 Å². The number of carbonyl (C=O) groups is 1. The van der Waals surface area contributed by atoms with E-state index in [2.05, 4.69) is 20.9 Å². The molecule has 0 saturated heterocycles. The highest BCUT2D eigenvalue weighted by Gasteiger charge is 2.07. The van der Waals surface area contributed by atoms with Crippen LogP contribution >= 0.6 is 15.9 Å². The second kappa shape index (κ2) is 3.77. The van der Waals surface area contributed by atoms with Crippen molar-refractivity contribution in [1.29, 1.82) is 0 Å². The van der Waals surface area contributed by atoms with Gasteiger partial charge < -0.3 is 15.0 Å². The maximum atomic E-state index is 10.6. The first kappa shape index (κ1) is 10.7. The van der Waals surface area contributed by atoms with E-state index in [0.29, 0.717) is 5.65 Å². The number of rotatable bonds is 1. The van der Waals surface area contributed by atoms with Crippen LogP contribution in [0.2, 0.25) is 0 Å². The number of carboxylic acids is 1. The van der Waals surface area contributed by atoms with Gasteiger partial charge in [-0.3, -0.25) is 0 Å². The molecular weight excluding hydrogens is 252 g/mol. The maximum Gasteiger partial charge on any atom is 0.356 e. The minimum absolute atomic E-state index is 0. The summed E-state index contributed by atoms with van der Waals surface area (Å²) in [5, 5.41) is 8.67. The van der Waals surface area contributed by atoms with Crippen molar-refractivity contribution in [2.45, 2.75) is 0 Å². The number of aromatic nitrogens is 2. The molecule has 6 heteroatoms. The number of hydrogen-bond donors (Lipinski definition) is 1. The largest absolute Gasteiger partial charge is 0.476 e. The first-order valence-electron chi connectivity index (χ1n) is 3.54. The van der Waals surface area contributed by atoms with Gasteiger partial charge in [-0.1, -0.05) is 0 Å². The summed E-state index contributed by atoms with van der Waals surface area (Å²) in [4.78, 5) is 14.5. The van der Waals surface area contributed by atoms with Crippen molar-refractivity contribution < 1.29 is 15.4 Å². The first-order valence-corrected chi connectivity index (χ1v) is 4.33. The number of halogens is 1. The average Bonchev–Trinajstić information content (AvgIpc) is 2.46. The summed E-state index contributed by atoms with van der Waals surface area (Å²) in [5.74, 6) is -1.01. The highest BCUT2D eigenvalue weighted by atomic mass is 79.9. The fraction of sp³-hybridized carbons (Fsp3) is 0. The van der Waals surface area contributed by atoms with Crippen molar-refractivity contribution >= 4 is 27.5 Å². The number of carboxylic acid groups (broad SMARTS) is 1. The molecule has 0 aliphatic heterocycles. The van der Waals surface area contributed by atoms with Crippen LogP contribution in [0.15, 0.2) is 29.0 Å². The van der Waals surface area contributed by atoms with Crippen molar-refractivity contribution in [1.82, 2.24) is 9.38 Å². The fourth-order valence-electron chi connectivity index (χ4n) is 1.07. The molecule has 0 atom stereocenters. The molecule has 0 saturated carbocycles. The Kier molecular flexibility index (Phi) is 2.87. The van der Waals surface area contributed by atoms with Gasteiger partial charge in [0.2, 0.25) is 0 Å². The van der Waals surface area contributed by atoms with E-state index in [-0.39, 0.29) is 11.2 Å². The van der Waals surface area contributed by atoms with E-state index in [0.717, 1.165) is 4.47 Å². The Morgan fingerprint density at radius 3 is 2.79 bits per heavy atom. The van der Waals surface area contributed by atoms with Crippen LogP contribution in [0.4, 0.5) is 0 Å². The monoisotopic (exact) mass is 258 g/mol. The standard InChI is InChI=1S/C8H5BrN2O2.H2O/c9-5-1-2-7-10-6(8(12)13)4-11(7)3-5;/h1-4H,(H,12,13);1H2. The normalized spacial score (nSPS) is 9.79. The van der Waals surface area contributed by atoms with Gasteiger partial charge in [0, 0.05) is 16.9 Å². The molecule has 2 heterocycles. The SMILES string of the molecule is O.O=C(O)c1cn2cc(Br)ccc2n1. The summed E-state index contributed by atoms with van der Waals surface area (Å²) in [6, 6.07) is 3.56. The fourth-order valence-corrected chi connectivity index (χ4v) is 1.42. The van der Waals surface area contributed by atoms with Gasteiger partial charge in [0.1, 0.15) is 5.65 Å². The summed E-state index contributed by atoms with van der Waals surface area (Å²) < 4.78 is 2.54. The van der Waals surface area contributed by atoms with Crippen LogP contribution < -0.4 is 0 Å². The molecule has 74 valence electrons. The topological polar surface area (TPSA) is 86.1 Å². The lowest BCUT2D eigenvalue weighted by molar-refractivity contribution is 0.0691. The third-order valence-electron chi connectivity index (χ3n) is 1.63. The molecule has 0 bridgehead atoms. The van der Waals surface area contributed by atoms with Gasteiger partial charge in [0.15, 0.2) is 5.69 Å². The van der Waals surface area contributed by atoms with E-state index in [1.165, 1.54) is 6.20 Å². The van der Waals surface area contributed by atoms with Gasteiger partial charge in [0.25, 0.3) is 0 Å². The smallest absolute Gasteiger partial charge is 0.356 e. The average molecular weight is 259 g/mol.